The molecule has 78 valence electrons. The van der Waals surface area contributed by atoms with E-state index in [1.165, 1.54) is 7.05 Å². The minimum atomic E-state index is -4.61. The van der Waals surface area contributed by atoms with Crippen molar-refractivity contribution in [3.05, 3.63) is 21.6 Å². The van der Waals surface area contributed by atoms with E-state index in [9.17, 15) is 18.0 Å². The second kappa shape index (κ2) is 3.32. The van der Waals surface area contributed by atoms with E-state index in [2.05, 4.69) is 15.3 Å². The van der Waals surface area contributed by atoms with Crippen LogP contribution in [0.4, 0.5) is 19.1 Å². The van der Waals surface area contributed by atoms with Gasteiger partial charge >= 0.3 is 6.18 Å². The zero-order valence-electron chi connectivity index (χ0n) is 7.49. The lowest BCUT2D eigenvalue weighted by Crippen LogP contribution is -2.22. The van der Waals surface area contributed by atoms with Gasteiger partial charge in [0, 0.05) is 12.6 Å². The fourth-order valence-electron chi connectivity index (χ4n) is 0.927. The van der Waals surface area contributed by atoms with Crippen LogP contribution in [0.3, 0.4) is 0 Å². The summed E-state index contributed by atoms with van der Waals surface area (Å²) in [4.78, 5) is 16.4. The Morgan fingerprint density at radius 3 is 2.43 bits per heavy atom. The Morgan fingerprint density at radius 2 is 2.00 bits per heavy atom. The highest BCUT2D eigenvalue weighted by Crippen LogP contribution is 2.28. The molecule has 4 nitrogen and oxygen atoms in total. The Morgan fingerprint density at radius 1 is 1.43 bits per heavy atom. The van der Waals surface area contributed by atoms with Crippen LogP contribution in [0.5, 0.6) is 0 Å². The highest BCUT2D eigenvalue weighted by molar-refractivity contribution is 5.29. The summed E-state index contributed by atoms with van der Waals surface area (Å²) in [6.07, 6.45) is -4.61. The Labute approximate surface area is 77.2 Å². The fourth-order valence-corrected chi connectivity index (χ4v) is 0.927. The number of aromatic amines is 1. The Bertz CT molecular complexity index is 396. The van der Waals surface area contributed by atoms with Gasteiger partial charge in [-0.25, -0.2) is 4.98 Å². The van der Waals surface area contributed by atoms with Crippen molar-refractivity contribution in [2.24, 2.45) is 0 Å². The molecule has 0 aliphatic carbocycles. The lowest BCUT2D eigenvalue weighted by Gasteiger charge is -2.09. The lowest BCUT2D eigenvalue weighted by molar-refractivity contribution is -0.141. The number of hydrogen-bond acceptors (Lipinski definition) is 3. The first kappa shape index (κ1) is 10.6. The molecule has 0 unspecified atom stereocenters. The summed E-state index contributed by atoms with van der Waals surface area (Å²) in [6.45, 7) is 1.08. The van der Waals surface area contributed by atoms with Gasteiger partial charge in [-0.2, -0.15) is 13.2 Å². The van der Waals surface area contributed by atoms with Gasteiger partial charge in [-0.05, 0) is 6.92 Å². The van der Waals surface area contributed by atoms with Gasteiger partial charge in [-0.1, -0.05) is 0 Å². The van der Waals surface area contributed by atoms with Crippen LogP contribution in [0.2, 0.25) is 0 Å². The summed E-state index contributed by atoms with van der Waals surface area (Å²) < 4.78 is 36.9. The van der Waals surface area contributed by atoms with Crippen molar-refractivity contribution < 1.29 is 13.2 Å². The zero-order chi connectivity index (χ0) is 10.9. The molecule has 2 N–H and O–H groups in total. The highest BCUT2D eigenvalue weighted by atomic mass is 19.4. The molecule has 1 heterocycles. The van der Waals surface area contributed by atoms with Gasteiger partial charge < -0.3 is 5.32 Å². The summed E-state index contributed by atoms with van der Waals surface area (Å²) in [5.41, 5.74) is -2.39. The van der Waals surface area contributed by atoms with Crippen LogP contribution in [-0.4, -0.2) is 17.0 Å². The molecule has 1 aromatic rings. The molecule has 0 spiro atoms. The molecule has 0 aromatic carbocycles. The number of rotatable bonds is 1. The SMILES string of the molecule is CNc1nc(C(F)(F)F)c(C)c(=O)[nH]1. The summed E-state index contributed by atoms with van der Waals surface area (Å²) in [5.74, 6) is -0.201. The van der Waals surface area contributed by atoms with Crippen molar-refractivity contribution in [1.29, 1.82) is 0 Å². The molecule has 0 amide bonds. The first-order valence-electron chi connectivity index (χ1n) is 3.72. The van der Waals surface area contributed by atoms with Crippen LogP contribution in [0, 0.1) is 6.92 Å². The number of aromatic nitrogens is 2. The van der Waals surface area contributed by atoms with Crippen molar-refractivity contribution in [1.82, 2.24) is 9.97 Å². The fraction of sp³-hybridized carbons (Fsp3) is 0.429. The van der Waals surface area contributed by atoms with Gasteiger partial charge in [0.25, 0.3) is 5.56 Å². The summed E-state index contributed by atoms with van der Waals surface area (Å²) in [6, 6.07) is 0. The first-order valence-corrected chi connectivity index (χ1v) is 3.72. The van der Waals surface area contributed by atoms with Crippen LogP contribution in [-0.2, 0) is 6.18 Å². The molecule has 0 radical (unpaired) electrons. The van der Waals surface area contributed by atoms with Crippen molar-refractivity contribution >= 4 is 5.95 Å². The molecule has 0 aliphatic rings. The third-order valence-corrected chi connectivity index (χ3v) is 1.66. The maximum Gasteiger partial charge on any atom is 0.433 e. The number of nitrogens with one attached hydrogen (secondary N) is 2. The highest BCUT2D eigenvalue weighted by Gasteiger charge is 2.35. The molecule has 0 saturated carbocycles. The number of H-pyrrole nitrogens is 1. The number of hydrogen-bond donors (Lipinski definition) is 2. The van der Waals surface area contributed by atoms with Crippen LogP contribution in [0.1, 0.15) is 11.3 Å². The van der Waals surface area contributed by atoms with Crippen LogP contribution >= 0.6 is 0 Å². The third kappa shape index (κ3) is 1.86. The standard InChI is InChI=1S/C7H8F3N3O/c1-3-4(7(8,9)10)12-6(11-2)13-5(3)14/h1-2H3,(H2,11,12,13,14). The Balaban J connectivity index is 3.43. The van der Waals surface area contributed by atoms with Crippen molar-refractivity contribution in [2.75, 3.05) is 12.4 Å². The second-order valence-electron chi connectivity index (χ2n) is 2.64. The molecule has 1 rings (SSSR count). The monoisotopic (exact) mass is 207 g/mol. The first-order chi connectivity index (χ1) is 6.36. The molecule has 1 aromatic heterocycles. The van der Waals surface area contributed by atoms with E-state index in [1.807, 2.05) is 0 Å². The predicted octanol–water partition coefficient (Wildman–Crippen LogP) is 1.14. The molecule has 0 saturated heterocycles. The molecular formula is C7H8F3N3O. The topological polar surface area (TPSA) is 57.8 Å². The number of nitrogens with zero attached hydrogens (tertiary/aromatic N) is 1. The molecule has 0 aliphatic heterocycles. The summed E-state index contributed by atoms with van der Waals surface area (Å²) in [5, 5.41) is 2.34. The van der Waals surface area contributed by atoms with E-state index in [0.717, 1.165) is 6.92 Å². The van der Waals surface area contributed by atoms with E-state index < -0.39 is 23.0 Å². The summed E-state index contributed by atoms with van der Waals surface area (Å²) in [7, 11) is 1.37. The Kier molecular flexibility index (Phi) is 2.50. The molecule has 0 fully saturated rings. The number of alkyl halides is 3. The zero-order valence-corrected chi connectivity index (χ0v) is 7.49. The van der Waals surface area contributed by atoms with Gasteiger partial charge in [0.1, 0.15) is 0 Å². The van der Waals surface area contributed by atoms with Crippen LogP contribution in [0.15, 0.2) is 4.79 Å². The van der Waals surface area contributed by atoms with Crippen LogP contribution in [0.25, 0.3) is 0 Å². The van der Waals surface area contributed by atoms with Crippen LogP contribution < -0.4 is 10.9 Å². The van der Waals surface area contributed by atoms with Gasteiger partial charge in [0.2, 0.25) is 5.95 Å². The van der Waals surface area contributed by atoms with Crippen molar-refractivity contribution in [3.63, 3.8) is 0 Å². The second-order valence-corrected chi connectivity index (χ2v) is 2.64. The largest absolute Gasteiger partial charge is 0.433 e. The minimum absolute atomic E-state index is 0.201. The molecule has 7 heteroatoms. The normalized spacial score (nSPS) is 11.5. The molecule has 14 heavy (non-hydrogen) atoms. The maximum absolute atomic E-state index is 12.3. The third-order valence-electron chi connectivity index (χ3n) is 1.66. The average Bonchev–Trinajstić information content (AvgIpc) is 2.07. The predicted molar refractivity (Wildman–Crippen MR) is 44.1 cm³/mol. The minimum Gasteiger partial charge on any atom is -0.359 e. The van der Waals surface area contributed by atoms with Gasteiger partial charge in [-0.3, -0.25) is 9.78 Å². The van der Waals surface area contributed by atoms with Crippen molar-refractivity contribution in [3.8, 4) is 0 Å². The average molecular weight is 207 g/mol. The quantitative estimate of drug-likeness (QED) is 0.725. The maximum atomic E-state index is 12.3. The molecular weight excluding hydrogens is 199 g/mol. The van der Waals surface area contributed by atoms with Gasteiger partial charge in [0.05, 0.1) is 0 Å². The lowest BCUT2D eigenvalue weighted by atomic mass is 10.2. The number of anilines is 1. The summed E-state index contributed by atoms with van der Waals surface area (Å²) >= 11 is 0. The van der Waals surface area contributed by atoms with Gasteiger partial charge in [0.15, 0.2) is 5.69 Å². The Hall–Kier alpha value is -1.53. The van der Waals surface area contributed by atoms with E-state index in [4.69, 9.17) is 0 Å². The molecule has 0 atom stereocenters. The van der Waals surface area contributed by atoms with E-state index >= 15 is 0 Å². The van der Waals surface area contributed by atoms with Crippen molar-refractivity contribution in [2.45, 2.75) is 13.1 Å². The smallest absolute Gasteiger partial charge is 0.359 e. The van der Waals surface area contributed by atoms with E-state index in [1.54, 1.807) is 0 Å². The van der Waals surface area contributed by atoms with Gasteiger partial charge in [-0.15, -0.1) is 0 Å². The number of halogens is 3. The van der Waals surface area contributed by atoms with E-state index in [0.29, 0.717) is 0 Å². The van der Waals surface area contributed by atoms with E-state index in [-0.39, 0.29) is 5.95 Å². The molecule has 0 bridgehead atoms.